The largest absolute Gasteiger partial charge is 0.298 e. The summed E-state index contributed by atoms with van der Waals surface area (Å²) in [4.78, 5) is 2.22. The molecule has 2 atom stereocenters. The number of halogens is 1. The van der Waals surface area contributed by atoms with Gasteiger partial charge in [0, 0.05) is 25.2 Å². The number of hydrogen-bond donors (Lipinski definition) is 0. The van der Waals surface area contributed by atoms with Crippen LogP contribution < -0.4 is 0 Å². The number of aryl methyl sites for hydroxylation is 1. The van der Waals surface area contributed by atoms with Crippen molar-refractivity contribution in [3.8, 4) is 0 Å². The lowest BCUT2D eigenvalue weighted by Gasteiger charge is -2.41. The van der Waals surface area contributed by atoms with Crippen LogP contribution in [-0.2, 0) is 10.0 Å². The normalized spacial score (nSPS) is 26.8. The fraction of sp³-hybridized carbons (Fsp3) is 0.667. The van der Waals surface area contributed by atoms with Crippen LogP contribution in [0.4, 0.5) is 0 Å². The molecular formula is C12H19BrN2O2S2. The first-order chi connectivity index (χ1) is 8.73. The molecular weight excluding hydrogens is 348 g/mol. The minimum absolute atomic E-state index is 0.239. The van der Waals surface area contributed by atoms with Crippen LogP contribution in [-0.4, -0.2) is 49.8 Å². The van der Waals surface area contributed by atoms with Gasteiger partial charge in [0.1, 0.15) is 4.21 Å². The Bertz CT molecular complexity index is 539. The molecule has 19 heavy (non-hydrogen) atoms. The first-order valence-electron chi connectivity index (χ1n) is 6.21. The molecule has 1 aliphatic rings. The average Bonchev–Trinajstić information content (AvgIpc) is 2.66. The number of likely N-dealkylation sites (N-methyl/N-ethyl adjacent to an activating group) is 1. The van der Waals surface area contributed by atoms with E-state index in [1.165, 1.54) is 11.3 Å². The third-order valence-electron chi connectivity index (χ3n) is 3.75. The monoisotopic (exact) mass is 366 g/mol. The molecule has 0 N–H and O–H groups in total. The Morgan fingerprint density at radius 1 is 1.32 bits per heavy atom. The predicted octanol–water partition coefficient (Wildman–Crippen LogP) is 2.53. The minimum atomic E-state index is -3.36. The summed E-state index contributed by atoms with van der Waals surface area (Å²) in [7, 11) is -1.31. The molecule has 2 unspecified atom stereocenters. The molecule has 0 radical (unpaired) electrons. The van der Waals surface area contributed by atoms with Crippen LogP contribution in [0.15, 0.2) is 14.1 Å². The van der Waals surface area contributed by atoms with E-state index in [1.807, 2.05) is 14.0 Å². The Hall–Kier alpha value is 0.0500. The van der Waals surface area contributed by atoms with Gasteiger partial charge in [-0.05, 0) is 55.4 Å². The molecule has 2 heterocycles. The summed E-state index contributed by atoms with van der Waals surface area (Å²) in [5.41, 5.74) is 0.971. The van der Waals surface area contributed by atoms with Crippen molar-refractivity contribution in [2.45, 2.75) is 37.1 Å². The van der Waals surface area contributed by atoms with Gasteiger partial charge in [-0.15, -0.1) is 11.3 Å². The smallest absolute Gasteiger partial charge is 0.252 e. The van der Waals surface area contributed by atoms with E-state index in [1.54, 1.807) is 10.4 Å². The SMILES string of the molecule is Cc1cc(S(=O)(=O)N2CC(C)N(C)C(C)C2)sc1Br. The van der Waals surface area contributed by atoms with Crippen molar-refractivity contribution in [1.82, 2.24) is 9.21 Å². The minimum Gasteiger partial charge on any atom is -0.298 e. The highest BCUT2D eigenvalue weighted by molar-refractivity contribution is 9.11. The number of sulfonamides is 1. The summed E-state index contributed by atoms with van der Waals surface area (Å²) in [6, 6.07) is 2.23. The zero-order chi connectivity index (χ0) is 14.4. The van der Waals surface area contributed by atoms with Crippen molar-refractivity contribution in [1.29, 1.82) is 0 Å². The molecule has 1 aromatic heterocycles. The van der Waals surface area contributed by atoms with Gasteiger partial charge in [-0.3, -0.25) is 4.90 Å². The molecule has 1 saturated heterocycles. The summed E-state index contributed by atoms with van der Waals surface area (Å²) < 4.78 is 28.2. The second-order valence-electron chi connectivity index (χ2n) is 5.21. The summed E-state index contributed by atoms with van der Waals surface area (Å²) in [6.07, 6.45) is 0. The van der Waals surface area contributed by atoms with Gasteiger partial charge < -0.3 is 0 Å². The summed E-state index contributed by atoms with van der Waals surface area (Å²) in [5.74, 6) is 0. The van der Waals surface area contributed by atoms with Gasteiger partial charge >= 0.3 is 0 Å². The molecule has 108 valence electrons. The molecule has 4 nitrogen and oxygen atoms in total. The summed E-state index contributed by atoms with van der Waals surface area (Å²) in [6.45, 7) is 7.14. The lowest BCUT2D eigenvalue weighted by Crippen LogP contribution is -2.56. The molecule has 2 rings (SSSR count). The Labute approximate surface area is 127 Å². The number of piperazine rings is 1. The van der Waals surface area contributed by atoms with E-state index < -0.39 is 10.0 Å². The highest BCUT2D eigenvalue weighted by Crippen LogP contribution is 2.33. The van der Waals surface area contributed by atoms with Gasteiger partial charge in [-0.25, -0.2) is 8.42 Å². The van der Waals surface area contributed by atoms with Crippen LogP contribution in [0.25, 0.3) is 0 Å². The van der Waals surface area contributed by atoms with Crippen LogP contribution >= 0.6 is 27.3 Å². The van der Waals surface area contributed by atoms with E-state index in [0.717, 1.165) is 9.35 Å². The fourth-order valence-electron chi connectivity index (χ4n) is 2.24. The second kappa shape index (κ2) is 5.44. The molecule has 1 aromatic rings. The van der Waals surface area contributed by atoms with Crippen LogP contribution in [0.1, 0.15) is 19.4 Å². The average molecular weight is 367 g/mol. The molecule has 1 aliphatic heterocycles. The lowest BCUT2D eigenvalue weighted by atomic mass is 10.1. The Balaban J connectivity index is 2.30. The second-order valence-corrected chi connectivity index (χ2v) is 9.74. The maximum absolute atomic E-state index is 12.6. The molecule has 7 heteroatoms. The molecule has 1 fully saturated rings. The quantitative estimate of drug-likeness (QED) is 0.807. The molecule has 0 aliphatic carbocycles. The van der Waals surface area contributed by atoms with Gasteiger partial charge in [-0.2, -0.15) is 4.31 Å². The van der Waals surface area contributed by atoms with E-state index >= 15 is 0 Å². The summed E-state index contributed by atoms with van der Waals surface area (Å²) >= 11 is 4.68. The third-order valence-corrected chi connectivity index (χ3v) is 8.17. The predicted molar refractivity (Wildman–Crippen MR) is 82.2 cm³/mol. The van der Waals surface area contributed by atoms with E-state index in [2.05, 4.69) is 34.7 Å². The lowest BCUT2D eigenvalue weighted by molar-refractivity contribution is 0.105. The topological polar surface area (TPSA) is 40.6 Å². The van der Waals surface area contributed by atoms with Crippen molar-refractivity contribution in [2.75, 3.05) is 20.1 Å². The maximum Gasteiger partial charge on any atom is 0.252 e. The number of rotatable bonds is 2. The summed E-state index contributed by atoms with van der Waals surface area (Å²) in [5, 5.41) is 0. The van der Waals surface area contributed by atoms with Crippen molar-refractivity contribution < 1.29 is 8.42 Å². The van der Waals surface area contributed by atoms with E-state index in [4.69, 9.17) is 0 Å². The van der Waals surface area contributed by atoms with Gasteiger partial charge in [0.2, 0.25) is 0 Å². The Morgan fingerprint density at radius 2 is 1.84 bits per heavy atom. The van der Waals surface area contributed by atoms with Crippen LogP contribution in [0.2, 0.25) is 0 Å². The standard InChI is InChI=1S/C12H19BrN2O2S2/c1-8-5-11(18-12(8)13)19(16,17)15-6-9(2)14(4)10(3)7-15/h5,9-10H,6-7H2,1-4H3. The molecule has 0 aromatic carbocycles. The zero-order valence-electron chi connectivity index (χ0n) is 11.6. The highest BCUT2D eigenvalue weighted by atomic mass is 79.9. The Kier molecular flexibility index (Phi) is 4.42. The third kappa shape index (κ3) is 2.90. The van der Waals surface area contributed by atoms with E-state index in [9.17, 15) is 8.42 Å². The molecule has 0 amide bonds. The molecule has 0 bridgehead atoms. The first kappa shape index (κ1) is 15.4. The highest BCUT2D eigenvalue weighted by Gasteiger charge is 2.35. The van der Waals surface area contributed by atoms with E-state index in [0.29, 0.717) is 17.3 Å². The molecule has 0 saturated carbocycles. The van der Waals surface area contributed by atoms with Crippen LogP contribution in [0, 0.1) is 6.92 Å². The maximum atomic E-state index is 12.6. The van der Waals surface area contributed by atoms with Gasteiger partial charge in [0.25, 0.3) is 10.0 Å². The number of hydrogen-bond acceptors (Lipinski definition) is 4. The van der Waals surface area contributed by atoms with Gasteiger partial charge in [0.15, 0.2) is 0 Å². The first-order valence-corrected chi connectivity index (χ1v) is 9.26. The van der Waals surface area contributed by atoms with Crippen molar-refractivity contribution in [3.05, 3.63) is 15.4 Å². The number of nitrogens with zero attached hydrogens (tertiary/aromatic N) is 2. The van der Waals surface area contributed by atoms with Gasteiger partial charge in [-0.1, -0.05) is 0 Å². The van der Waals surface area contributed by atoms with Gasteiger partial charge in [0.05, 0.1) is 3.79 Å². The van der Waals surface area contributed by atoms with E-state index in [-0.39, 0.29) is 12.1 Å². The van der Waals surface area contributed by atoms with Crippen LogP contribution in [0.3, 0.4) is 0 Å². The van der Waals surface area contributed by atoms with Crippen molar-refractivity contribution >= 4 is 37.3 Å². The van der Waals surface area contributed by atoms with Crippen LogP contribution in [0.5, 0.6) is 0 Å². The van der Waals surface area contributed by atoms with Crippen molar-refractivity contribution in [2.24, 2.45) is 0 Å². The molecule has 0 spiro atoms. The van der Waals surface area contributed by atoms with Crippen molar-refractivity contribution in [3.63, 3.8) is 0 Å². The fourth-order valence-corrected chi connectivity index (χ4v) is 6.22. The Morgan fingerprint density at radius 3 is 2.26 bits per heavy atom. The number of thiophene rings is 1. The zero-order valence-corrected chi connectivity index (χ0v) is 14.8.